The average molecular weight is 945 g/mol. The number of nitrogens with zero attached hydrogens (tertiary/aromatic N) is 2. The number of benzene rings is 7. The fourth-order valence-electron chi connectivity index (χ4n) is 9.37. The highest BCUT2D eigenvalue weighted by atomic mass is 16.1. The Morgan fingerprint density at radius 2 is 0.944 bits per heavy atom. The quantitative estimate of drug-likeness (QED) is 0.102. The Kier molecular flexibility index (Phi) is 17.4. The maximum atomic E-state index is 15.0. The largest absolute Gasteiger partial charge is 0.310 e. The summed E-state index contributed by atoms with van der Waals surface area (Å²) in [6, 6.07) is 52.6. The molecule has 0 atom stereocenters. The number of carbonyl (C=O) groups excluding carboxylic acids is 2. The smallest absolute Gasteiger partial charge is 0.193 e. The summed E-state index contributed by atoms with van der Waals surface area (Å²) in [5.74, 6) is -0.241. The summed E-state index contributed by atoms with van der Waals surface area (Å²) in [5, 5.41) is 0. The molecule has 7 aromatic carbocycles. The first-order chi connectivity index (χ1) is 35.1. The van der Waals surface area contributed by atoms with Crippen molar-refractivity contribution in [2.45, 2.75) is 81.1 Å². The van der Waals surface area contributed by atoms with E-state index in [-0.39, 0.29) is 11.6 Å². The minimum Gasteiger partial charge on any atom is -0.310 e. The zero-order valence-electron chi connectivity index (χ0n) is 43.4. The van der Waals surface area contributed by atoms with E-state index in [0.29, 0.717) is 33.4 Å². The van der Waals surface area contributed by atoms with Crippen LogP contribution in [0.1, 0.15) is 114 Å². The fraction of sp³-hybridized carbons (Fsp3) is 0.176. The van der Waals surface area contributed by atoms with Gasteiger partial charge < -0.3 is 9.80 Å². The number of allylic oxidation sites excluding steroid dienone is 7. The van der Waals surface area contributed by atoms with Crippen LogP contribution in [0.5, 0.6) is 0 Å². The standard InChI is InChI=1S/C64H56N2O2.2C2H6/c1-7-47-19-11-15-23-61(47)65(59-21-13-9-17-45(59)5)53-37-33-49(34-38-53)55-41-58(64(68)52-31-27-44(4)28-32-52)56(42-57(55)63(67)51-29-25-43(3)26-30-51)50-35-39-54(40-36-50)66(60-22-14-10-18-46(60)6)62-24-16-12-20-48(62)8-2;2*1-2/h7-9,11,13-17,19,21-42H,1-2,10,12,18,20H2,3-6H3;2*1-2H3. The van der Waals surface area contributed by atoms with Gasteiger partial charge >= 0.3 is 0 Å². The molecular formula is C68H68N2O2. The van der Waals surface area contributed by atoms with Gasteiger partial charge in [-0.25, -0.2) is 0 Å². The van der Waals surface area contributed by atoms with Gasteiger partial charge in [0, 0.05) is 50.7 Å². The number of para-hydroxylation sites is 2. The summed E-state index contributed by atoms with van der Waals surface area (Å²) < 4.78 is 0. The van der Waals surface area contributed by atoms with Crippen molar-refractivity contribution in [2.75, 3.05) is 9.80 Å². The summed E-state index contributed by atoms with van der Waals surface area (Å²) in [7, 11) is 0. The van der Waals surface area contributed by atoms with Crippen LogP contribution in [0.2, 0.25) is 0 Å². The van der Waals surface area contributed by atoms with E-state index in [1.165, 1.54) is 11.1 Å². The third-order valence-electron chi connectivity index (χ3n) is 13.2. The van der Waals surface area contributed by atoms with E-state index < -0.39 is 0 Å². The summed E-state index contributed by atoms with van der Waals surface area (Å²) in [4.78, 5) is 34.6. The van der Waals surface area contributed by atoms with Crippen LogP contribution in [0.15, 0.2) is 224 Å². The molecule has 7 aromatic rings. The first kappa shape index (κ1) is 51.8. The highest BCUT2D eigenvalue weighted by Crippen LogP contribution is 2.42. The van der Waals surface area contributed by atoms with E-state index in [2.05, 4.69) is 140 Å². The molecule has 0 amide bonds. The van der Waals surface area contributed by atoms with Crippen molar-refractivity contribution in [3.8, 4) is 22.3 Å². The maximum Gasteiger partial charge on any atom is 0.193 e. The molecule has 2 aliphatic rings. The second kappa shape index (κ2) is 24.2. The Bertz CT molecular complexity index is 3200. The molecule has 2 aliphatic carbocycles. The van der Waals surface area contributed by atoms with Crippen molar-refractivity contribution in [3.05, 3.63) is 268 Å². The van der Waals surface area contributed by atoms with Gasteiger partial charge in [-0.2, -0.15) is 0 Å². The third-order valence-corrected chi connectivity index (χ3v) is 13.2. The molecule has 0 spiro atoms. The van der Waals surface area contributed by atoms with Crippen LogP contribution in [-0.4, -0.2) is 11.6 Å². The van der Waals surface area contributed by atoms with E-state index in [1.54, 1.807) is 0 Å². The fourth-order valence-corrected chi connectivity index (χ4v) is 9.37. The Hall–Kier alpha value is -8.08. The Balaban J connectivity index is 0.00000186. The zero-order valence-corrected chi connectivity index (χ0v) is 43.4. The highest BCUT2D eigenvalue weighted by molar-refractivity contribution is 6.18. The number of anilines is 4. The van der Waals surface area contributed by atoms with Gasteiger partial charge in [0.05, 0.1) is 5.69 Å². The van der Waals surface area contributed by atoms with Crippen molar-refractivity contribution < 1.29 is 9.59 Å². The van der Waals surface area contributed by atoms with Crippen LogP contribution >= 0.6 is 0 Å². The van der Waals surface area contributed by atoms with Crippen molar-refractivity contribution in [1.29, 1.82) is 0 Å². The molecule has 0 fully saturated rings. The minimum atomic E-state index is -0.122. The molecular weight excluding hydrogens is 877 g/mol. The van der Waals surface area contributed by atoms with Crippen molar-refractivity contribution in [2.24, 2.45) is 0 Å². The van der Waals surface area contributed by atoms with Crippen molar-refractivity contribution in [3.63, 3.8) is 0 Å². The molecule has 0 heterocycles. The lowest BCUT2D eigenvalue weighted by Gasteiger charge is -2.33. The van der Waals surface area contributed by atoms with E-state index in [4.69, 9.17) is 0 Å². The normalized spacial score (nSPS) is 12.8. The van der Waals surface area contributed by atoms with E-state index in [9.17, 15) is 0 Å². The van der Waals surface area contributed by atoms with Crippen LogP contribution < -0.4 is 9.80 Å². The number of aryl methyl sites for hydroxylation is 3. The summed E-state index contributed by atoms with van der Waals surface area (Å²) in [6.07, 6.45) is 16.7. The molecule has 4 heteroatoms. The van der Waals surface area contributed by atoms with Gasteiger partial charge in [0.25, 0.3) is 0 Å². The van der Waals surface area contributed by atoms with Gasteiger partial charge in [-0.1, -0.05) is 185 Å². The van der Waals surface area contributed by atoms with E-state index in [0.717, 1.165) is 93.2 Å². The second-order valence-electron chi connectivity index (χ2n) is 17.8. The monoisotopic (exact) mass is 945 g/mol. The SMILES string of the molecule is C=CC1=C(N(C2=C(C)CCC=C2)c2ccc(-c3cc(C(=O)c4ccc(C)cc4)c(-c4ccc(N(c5ccccc5C)c5ccccc5C=C)cc4)cc3C(=O)c3ccc(C)cc3)cc2)C=CCC1.CC.CC. The van der Waals surface area contributed by atoms with Crippen LogP contribution in [0.4, 0.5) is 22.7 Å². The Labute approximate surface area is 429 Å². The second-order valence-corrected chi connectivity index (χ2v) is 17.8. The third kappa shape index (κ3) is 11.1. The molecule has 0 N–H and O–H groups in total. The van der Waals surface area contributed by atoms with Crippen LogP contribution in [0.3, 0.4) is 0 Å². The highest BCUT2D eigenvalue weighted by Gasteiger charge is 2.26. The minimum absolute atomic E-state index is 0.120. The van der Waals surface area contributed by atoms with Crippen LogP contribution in [0, 0.1) is 20.8 Å². The lowest BCUT2D eigenvalue weighted by atomic mass is 9.85. The topological polar surface area (TPSA) is 40.6 Å². The first-order valence-electron chi connectivity index (χ1n) is 25.5. The molecule has 9 rings (SSSR count). The van der Waals surface area contributed by atoms with E-state index >= 15 is 9.59 Å². The summed E-state index contributed by atoms with van der Waals surface area (Å²) in [6.45, 7) is 24.7. The molecule has 4 nitrogen and oxygen atoms in total. The summed E-state index contributed by atoms with van der Waals surface area (Å²) in [5.41, 5.74) is 18.3. The lowest BCUT2D eigenvalue weighted by molar-refractivity contribution is 0.102. The number of carbonyl (C=O) groups is 2. The lowest BCUT2D eigenvalue weighted by Crippen LogP contribution is -2.24. The van der Waals surface area contributed by atoms with Crippen LogP contribution in [0.25, 0.3) is 28.3 Å². The predicted molar refractivity (Wildman–Crippen MR) is 308 cm³/mol. The number of hydrogen-bond donors (Lipinski definition) is 0. The molecule has 0 bridgehead atoms. The molecule has 72 heavy (non-hydrogen) atoms. The predicted octanol–water partition coefficient (Wildman–Crippen LogP) is 18.8. The molecule has 0 radical (unpaired) electrons. The molecule has 0 aromatic heterocycles. The Morgan fingerprint density at radius 1 is 0.486 bits per heavy atom. The molecule has 0 saturated carbocycles. The van der Waals surface area contributed by atoms with E-state index in [1.807, 2.05) is 133 Å². The van der Waals surface area contributed by atoms with Gasteiger partial charge in [-0.3, -0.25) is 9.59 Å². The van der Waals surface area contributed by atoms with Crippen molar-refractivity contribution >= 4 is 40.4 Å². The number of rotatable bonds is 14. The maximum absolute atomic E-state index is 15.0. The average Bonchev–Trinajstić information content (AvgIpc) is 3.43. The zero-order chi connectivity index (χ0) is 51.3. The molecule has 0 saturated heterocycles. The van der Waals surface area contributed by atoms with Gasteiger partial charge in [-0.15, -0.1) is 0 Å². The molecule has 0 aliphatic heterocycles. The van der Waals surface area contributed by atoms with Crippen LogP contribution in [-0.2, 0) is 0 Å². The van der Waals surface area contributed by atoms with Gasteiger partial charge in [0.1, 0.15) is 0 Å². The first-order valence-corrected chi connectivity index (χ1v) is 25.5. The van der Waals surface area contributed by atoms with Crippen molar-refractivity contribution in [1.82, 2.24) is 0 Å². The van der Waals surface area contributed by atoms with Gasteiger partial charge in [0.15, 0.2) is 11.6 Å². The van der Waals surface area contributed by atoms with Gasteiger partial charge in [-0.05, 0) is 159 Å². The number of hydrogen-bond acceptors (Lipinski definition) is 4. The van der Waals surface area contributed by atoms with Gasteiger partial charge in [0.2, 0.25) is 0 Å². The number of ketones is 2. The Morgan fingerprint density at radius 3 is 1.43 bits per heavy atom. The molecule has 362 valence electrons. The summed E-state index contributed by atoms with van der Waals surface area (Å²) >= 11 is 0. The molecule has 0 unspecified atom stereocenters.